The lowest BCUT2D eigenvalue weighted by molar-refractivity contribution is 0.0624. The molecule has 2 N–H and O–H groups in total. The van der Waals surface area contributed by atoms with Gasteiger partial charge >= 0.3 is 0 Å². The fraction of sp³-hybridized carbons (Fsp3) is 0.381. The zero-order valence-corrected chi connectivity index (χ0v) is 17.8. The average Bonchev–Trinajstić information content (AvgIpc) is 3.33. The van der Waals surface area contributed by atoms with E-state index in [-0.39, 0.29) is 33.5 Å². The number of likely N-dealkylation sites (N-methyl/N-ethyl adjacent to an activating group) is 1. The number of primary sulfonamides is 1. The molecule has 2 aromatic carbocycles. The van der Waals surface area contributed by atoms with E-state index in [1.807, 2.05) is 12.1 Å². The van der Waals surface area contributed by atoms with E-state index >= 15 is 0 Å². The van der Waals surface area contributed by atoms with Gasteiger partial charge in [-0.1, -0.05) is 35.9 Å². The summed E-state index contributed by atoms with van der Waals surface area (Å²) < 4.78 is 23.6. The van der Waals surface area contributed by atoms with E-state index in [1.54, 1.807) is 18.0 Å². The molecule has 1 heterocycles. The standard InChI is InChI=1S/C21H24ClN3O3S/c1-24(21(26)15-8-9-17(22)19(13-15)29(23,27)28)20-16-7-3-2-6-14(16)12-18(20)25-10-4-5-11-25/h2-3,6-9,13,18,20H,4-5,10-12H2,1H3,(H2,23,27,28). The van der Waals surface area contributed by atoms with Crippen LogP contribution in [0, 0.1) is 0 Å². The predicted molar refractivity (Wildman–Crippen MR) is 112 cm³/mol. The number of benzene rings is 2. The van der Waals surface area contributed by atoms with Gasteiger partial charge in [0.2, 0.25) is 10.0 Å². The number of amides is 1. The first-order valence-electron chi connectivity index (χ1n) is 9.69. The van der Waals surface area contributed by atoms with Crippen molar-refractivity contribution in [2.24, 2.45) is 5.14 Å². The molecular formula is C21H24ClN3O3S. The average molecular weight is 434 g/mol. The molecule has 1 amide bonds. The molecule has 154 valence electrons. The molecule has 2 aliphatic rings. The SMILES string of the molecule is CN(C(=O)c1ccc(Cl)c(S(N)(=O)=O)c1)C1c2ccccc2CC1N1CCCC1. The zero-order valence-electron chi connectivity index (χ0n) is 16.2. The summed E-state index contributed by atoms with van der Waals surface area (Å²) in [6, 6.07) is 12.6. The Bertz CT molecular complexity index is 1050. The molecule has 29 heavy (non-hydrogen) atoms. The number of halogens is 1. The fourth-order valence-electron chi connectivity index (χ4n) is 4.61. The van der Waals surface area contributed by atoms with Crippen molar-refractivity contribution in [3.8, 4) is 0 Å². The second-order valence-electron chi connectivity index (χ2n) is 7.76. The van der Waals surface area contributed by atoms with Crippen LogP contribution in [-0.2, 0) is 16.4 Å². The topological polar surface area (TPSA) is 83.7 Å². The van der Waals surface area contributed by atoms with Gasteiger partial charge in [0, 0.05) is 18.7 Å². The van der Waals surface area contributed by atoms with Crippen molar-refractivity contribution < 1.29 is 13.2 Å². The molecule has 6 nitrogen and oxygen atoms in total. The highest BCUT2D eigenvalue weighted by Gasteiger charge is 2.41. The van der Waals surface area contributed by atoms with Gasteiger partial charge in [-0.25, -0.2) is 13.6 Å². The number of nitrogens with zero attached hydrogens (tertiary/aromatic N) is 2. The van der Waals surface area contributed by atoms with Gasteiger partial charge in [-0.05, 0) is 61.7 Å². The lowest BCUT2D eigenvalue weighted by Crippen LogP contribution is -2.44. The Morgan fingerprint density at radius 3 is 2.55 bits per heavy atom. The third kappa shape index (κ3) is 3.80. The summed E-state index contributed by atoms with van der Waals surface area (Å²) >= 11 is 5.98. The highest BCUT2D eigenvalue weighted by molar-refractivity contribution is 7.89. The molecule has 1 saturated heterocycles. The van der Waals surface area contributed by atoms with Crippen LogP contribution in [0.4, 0.5) is 0 Å². The summed E-state index contributed by atoms with van der Waals surface area (Å²) in [4.78, 5) is 17.3. The summed E-state index contributed by atoms with van der Waals surface area (Å²) in [5.74, 6) is -0.252. The van der Waals surface area contributed by atoms with Gasteiger partial charge in [0.15, 0.2) is 0 Å². The van der Waals surface area contributed by atoms with E-state index in [2.05, 4.69) is 17.0 Å². The van der Waals surface area contributed by atoms with Crippen molar-refractivity contribution in [1.82, 2.24) is 9.80 Å². The van der Waals surface area contributed by atoms with Crippen LogP contribution < -0.4 is 5.14 Å². The van der Waals surface area contributed by atoms with E-state index in [0.717, 1.165) is 25.1 Å². The minimum Gasteiger partial charge on any atom is -0.333 e. The summed E-state index contributed by atoms with van der Waals surface area (Å²) in [6.45, 7) is 2.07. The van der Waals surface area contributed by atoms with Gasteiger partial charge in [-0.15, -0.1) is 0 Å². The predicted octanol–water partition coefficient (Wildman–Crippen LogP) is 2.82. The number of likely N-dealkylation sites (tertiary alicyclic amines) is 1. The monoisotopic (exact) mass is 433 g/mol. The Morgan fingerprint density at radius 1 is 1.17 bits per heavy atom. The van der Waals surface area contributed by atoms with Crippen molar-refractivity contribution in [3.05, 3.63) is 64.2 Å². The third-order valence-corrected chi connectivity index (χ3v) is 7.39. The number of carbonyl (C=O) groups is 1. The van der Waals surface area contributed by atoms with Gasteiger partial charge in [-0.2, -0.15) is 0 Å². The molecule has 1 fully saturated rings. The highest BCUT2D eigenvalue weighted by Crippen LogP contribution is 2.40. The quantitative estimate of drug-likeness (QED) is 0.803. The fourth-order valence-corrected chi connectivity index (χ4v) is 5.68. The van der Waals surface area contributed by atoms with Crippen LogP contribution in [0.1, 0.15) is 40.4 Å². The molecular weight excluding hydrogens is 410 g/mol. The zero-order chi connectivity index (χ0) is 20.8. The van der Waals surface area contributed by atoms with Crippen molar-refractivity contribution in [1.29, 1.82) is 0 Å². The van der Waals surface area contributed by atoms with Crippen LogP contribution in [-0.4, -0.2) is 50.3 Å². The van der Waals surface area contributed by atoms with E-state index in [1.165, 1.54) is 30.5 Å². The maximum atomic E-state index is 13.3. The first-order chi connectivity index (χ1) is 13.8. The maximum absolute atomic E-state index is 13.3. The van der Waals surface area contributed by atoms with Crippen molar-refractivity contribution in [3.63, 3.8) is 0 Å². The van der Waals surface area contributed by atoms with Crippen LogP contribution in [0.5, 0.6) is 0 Å². The number of rotatable bonds is 4. The van der Waals surface area contributed by atoms with E-state index in [0.29, 0.717) is 0 Å². The first kappa shape index (κ1) is 20.3. The molecule has 4 rings (SSSR count). The van der Waals surface area contributed by atoms with Gasteiger partial charge in [-0.3, -0.25) is 9.69 Å². The lowest BCUT2D eigenvalue weighted by Gasteiger charge is -2.35. The largest absolute Gasteiger partial charge is 0.333 e. The minimum absolute atomic E-state index is 0.00728. The Kier molecular flexibility index (Phi) is 5.42. The van der Waals surface area contributed by atoms with E-state index < -0.39 is 10.0 Å². The van der Waals surface area contributed by atoms with Gasteiger partial charge in [0.05, 0.1) is 11.1 Å². The van der Waals surface area contributed by atoms with Gasteiger partial charge in [0.25, 0.3) is 5.91 Å². The number of hydrogen-bond donors (Lipinski definition) is 1. The molecule has 2 unspecified atom stereocenters. The van der Waals surface area contributed by atoms with E-state index in [9.17, 15) is 13.2 Å². The Hall–Kier alpha value is -1.93. The van der Waals surface area contributed by atoms with Crippen molar-refractivity contribution >= 4 is 27.5 Å². The Balaban J connectivity index is 1.70. The first-order valence-corrected chi connectivity index (χ1v) is 11.6. The highest BCUT2D eigenvalue weighted by atomic mass is 35.5. The number of sulfonamides is 1. The van der Waals surface area contributed by atoms with Crippen LogP contribution in [0.3, 0.4) is 0 Å². The van der Waals surface area contributed by atoms with Crippen LogP contribution in [0.2, 0.25) is 5.02 Å². The molecule has 0 radical (unpaired) electrons. The molecule has 1 aliphatic carbocycles. The van der Waals surface area contributed by atoms with E-state index in [4.69, 9.17) is 16.7 Å². The van der Waals surface area contributed by atoms with Gasteiger partial charge < -0.3 is 4.90 Å². The molecule has 0 aromatic heterocycles. The van der Waals surface area contributed by atoms with Gasteiger partial charge in [0.1, 0.15) is 4.90 Å². The molecule has 0 bridgehead atoms. The summed E-state index contributed by atoms with van der Waals surface area (Å²) in [5, 5.41) is 5.26. The number of fused-ring (bicyclic) bond motifs is 1. The normalized spacial score (nSPS) is 21.9. The third-order valence-electron chi connectivity index (χ3n) is 6.00. The number of carbonyl (C=O) groups excluding carboxylic acids is 1. The summed E-state index contributed by atoms with van der Waals surface area (Å²) in [7, 11) is -2.24. The summed E-state index contributed by atoms with van der Waals surface area (Å²) in [5.41, 5.74) is 2.67. The lowest BCUT2D eigenvalue weighted by atomic mass is 10.0. The second-order valence-corrected chi connectivity index (χ2v) is 9.70. The molecule has 2 atom stereocenters. The molecule has 0 saturated carbocycles. The number of hydrogen-bond acceptors (Lipinski definition) is 4. The number of nitrogens with two attached hydrogens (primary N) is 1. The molecule has 2 aromatic rings. The maximum Gasteiger partial charge on any atom is 0.254 e. The molecule has 0 spiro atoms. The summed E-state index contributed by atoms with van der Waals surface area (Å²) in [6.07, 6.45) is 3.25. The second kappa shape index (κ2) is 7.72. The molecule has 1 aliphatic heterocycles. The van der Waals surface area contributed by atoms with Crippen LogP contribution in [0.15, 0.2) is 47.4 Å². The van der Waals surface area contributed by atoms with Crippen LogP contribution in [0.25, 0.3) is 0 Å². The van der Waals surface area contributed by atoms with Crippen LogP contribution >= 0.6 is 11.6 Å². The Morgan fingerprint density at radius 2 is 1.86 bits per heavy atom. The minimum atomic E-state index is -4.02. The van der Waals surface area contributed by atoms with Crippen molar-refractivity contribution in [2.45, 2.75) is 36.2 Å². The Labute approximate surface area is 176 Å². The smallest absolute Gasteiger partial charge is 0.254 e. The molecule has 8 heteroatoms. The van der Waals surface area contributed by atoms with Crippen molar-refractivity contribution in [2.75, 3.05) is 20.1 Å².